The molecule has 0 aromatic heterocycles. The molecule has 0 amide bonds. The molecular weight excluding hydrogens is 325 g/mol. The van der Waals surface area contributed by atoms with Crippen molar-refractivity contribution in [3.05, 3.63) is 22.3 Å². The molecule has 0 saturated carbocycles. The predicted molar refractivity (Wildman–Crippen MR) is 77.5 cm³/mol. The molecule has 8 heteroatoms. The molecule has 2 unspecified atom stereocenters. The van der Waals surface area contributed by atoms with Crippen LogP contribution in [0.15, 0.2) is 27.4 Å². The highest BCUT2D eigenvalue weighted by molar-refractivity contribution is 7.73. The molecule has 0 N–H and O–H groups in total. The molecule has 1 heterocycles. The highest BCUT2D eigenvalue weighted by Gasteiger charge is 2.34. The van der Waals surface area contributed by atoms with Crippen molar-refractivity contribution >= 4 is 49.3 Å². The van der Waals surface area contributed by atoms with Crippen molar-refractivity contribution in [3.63, 3.8) is 0 Å². The van der Waals surface area contributed by atoms with E-state index in [2.05, 4.69) is 5.16 Å². The number of oxime groups is 1. The smallest absolute Gasteiger partial charge is 0.253 e. The third kappa shape index (κ3) is 2.68. The molecule has 0 bridgehead atoms. The van der Waals surface area contributed by atoms with Crippen LogP contribution in [0.4, 0.5) is 0 Å². The zero-order valence-electron chi connectivity index (χ0n) is 10.7. The molecule has 0 fully saturated rings. The van der Waals surface area contributed by atoms with Crippen LogP contribution < -0.4 is 0 Å². The maximum Gasteiger partial charge on any atom is 0.253 e. The van der Waals surface area contributed by atoms with Gasteiger partial charge < -0.3 is 4.84 Å². The molecule has 108 valence electrons. The topological polar surface area (TPSA) is 72.8 Å². The largest absolute Gasteiger partial charge is 0.392 e. The Bertz CT molecular complexity index is 695. The first-order valence-corrected chi connectivity index (χ1v) is 7.66. The van der Waals surface area contributed by atoms with Gasteiger partial charge in [-0.3, -0.25) is 4.79 Å². The quantitative estimate of drug-likeness (QED) is 0.571. The summed E-state index contributed by atoms with van der Waals surface area (Å²) in [7, 11) is -2.47. The van der Waals surface area contributed by atoms with Crippen molar-refractivity contribution in [1.82, 2.24) is 0 Å². The van der Waals surface area contributed by atoms with E-state index in [4.69, 9.17) is 28.0 Å². The third-order valence-electron chi connectivity index (χ3n) is 3.16. The van der Waals surface area contributed by atoms with Crippen molar-refractivity contribution in [2.45, 2.75) is 26.4 Å². The average Bonchev–Trinajstić information content (AvgIpc) is 2.75. The van der Waals surface area contributed by atoms with Crippen LogP contribution in [0, 0.1) is 5.92 Å². The first kappa shape index (κ1) is 15.3. The van der Waals surface area contributed by atoms with Gasteiger partial charge in [0.05, 0.1) is 21.2 Å². The van der Waals surface area contributed by atoms with E-state index in [0.29, 0.717) is 17.7 Å². The lowest BCUT2D eigenvalue weighted by Crippen LogP contribution is -2.25. The molecule has 2 atom stereocenters. The fourth-order valence-corrected chi connectivity index (χ4v) is 3.41. The van der Waals surface area contributed by atoms with Crippen LogP contribution in [-0.4, -0.2) is 30.3 Å². The van der Waals surface area contributed by atoms with Gasteiger partial charge in [0.1, 0.15) is 6.10 Å². The number of hydrogen-bond acceptors (Lipinski definition) is 5. The lowest BCUT2D eigenvalue weighted by molar-refractivity contribution is -0.108. The fraction of sp³-hybridized carbons (Fsp3) is 0.417. The second-order valence-corrected chi connectivity index (χ2v) is 6.24. The lowest BCUT2D eigenvalue weighted by atomic mass is 9.85. The number of halogens is 2. The van der Waals surface area contributed by atoms with E-state index in [9.17, 15) is 13.2 Å². The lowest BCUT2D eigenvalue weighted by Gasteiger charge is -2.21. The number of hydrogen-bond donors (Lipinski definition) is 0. The van der Waals surface area contributed by atoms with Gasteiger partial charge in [-0.05, 0) is 24.6 Å². The highest BCUT2D eigenvalue weighted by atomic mass is 35.5. The van der Waals surface area contributed by atoms with Crippen LogP contribution in [0.25, 0.3) is 0 Å². The minimum absolute atomic E-state index is 0.0390. The molecule has 1 aliphatic carbocycles. The van der Waals surface area contributed by atoms with Gasteiger partial charge in [0.2, 0.25) is 10.3 Å². The van der Waals surface area contributed by atoms with Gasteiger partial charge in [-0.2, -0.15) is 8.42 Å². The second kappa shape index (κ2) is 5.71. The monoisotopic (exact) mass is 335 g/mol. The van der Waals surface area contributed by atoms with E-state index in [1.54, 1.807) is 6.92 Å². The van der Waals surface area contributed by atoms with E-state index in [1.165, 1.54) is 6.08 Å². The van der Waals surface area contributed by atoms with Gasteiger partial charge in [0, 0.05) is 17.9 Å². The van der Waals surface area contributed by atoms with Gasteiger partial charge in [-0.15, -0.1) is 0 Å². The van der Waals surface area contributed by atoms with Crippen LogP contribution in [0.2, 0.25) is 0 Å². The molecular formula is C12H11Cl2NO4S. The molecule has 5 nitrogen and oxygen atoms in total. The summed E-state index contributed by atoms with van der Waals surface area (Å²) >= 11 is 11.7. The number of nitrogens with zero attached hydrogens (tertiary/aromatic N) is 1. The Morgan fingerprint density at radius 1 is 1.45 bits per heavy atom. The van der Waals surface area contributed by atoms with Crippen LogP contribution in [-0.2, 0) is 19.9 Å². The summed E-state index contributed by atoms with van der Waals surface area (Å²) in [6.45, 7) is 3.51. The van der Waals surface area contributed by atoms with Crippen LogP contribution in [0.1, 0.15) is 20.3 Å². The first-order chi connectivity index (χ1) is 9.32. The zero-order chi connectivity index (χ0) is 15.0. The number of rotatable bonds is 2. The Balaban J connectivity index is 2.63. The standard InChI is InChI=1S/C12H11Cl2NO4S/c1-5-3-8(15-19-5)10-6(2)9(20(17)18)4-7(11(10)13)12(14)16/h4-6H,3H2,1-2H3. The van der Waals surface area contributed by atoms with Gasteiger partial charge in [-0.1, -0.05) is 23.7 Å². The molecule has 0 aromatic rings. The first-order valence-electron chi connectivity index (χ1n) is 5.83. The summed E-state index contributed by atoms with van der Waals surface area (Å²) in [5, 5.41) is 3.22. The average molecular weight is 336 g/mol. The van der Waals surface area contributed by atoms with Crippen LogP contribution in [0.5, 0.6) is 0 Å². The van der Waals surface area contributed by atoms with Crippen molar-refractivity contribution in [2.75, 3.05) is 0 Å². The Labute approximate surface area is 127 Å². The Kier molecular flexibility index (Phi) is 4.36. The summed E-state index contributed by atoms with van der Waals surface area (Å²) in [6.07, 6.45) is 1.59. The maximum atomic E-state index is 11.4. The molecule has 0 saturated heterocycles. The fourth-order valence-electron chi connectivity index (χ4n) is 2.18. The molecule has 2 aliphatic rings. The van der Waals surface area contributed by atoms with E-state index in [-0.39, 0.29) is 21.6 Å². The number of carbonyl (C=O) groups excluding carboxylic acids is 1. The van der Waals surface area contributed by atoms with Crippen molar-refractivity contribution in [2.24, 2.45) is 11.1 Å². The summed E-state index contributed by atoms with van der Waals surface area (Å²) in [5.74, 6) is -0.506. The molecule has 0 spiro atoms. The summed E-state index contributed by atoms with van der Waals surface area (Å²) in [6, 6.07) is 0. The molecule has 0 aromatic carbocycles. The molecule has 0 radical (unpaired) electrons. The molecule has 1 aliphatic heterocycles. The summed E-state index contributed by atoms with van der Waals surface area (Å²) in [5.41, 5.74) is 0.978. The highest BCUT2D eigenvalue weighted by Crippen LogP contribution is 2.35. The Morgan fingerprint density at radius 2 is 2.10 bits per heavy atom. The minimum atomic E-state index is -2.47. The van der Waals surface area contributed by atoms with E-state index in [0.717, 1.165) is 0 Å². The van der Waals surface area contributed by atoms with Crippen LogP contribution in [0.3, 0.4) is 0 Å². The van der Waals surface area contributed by atoms with E-state index >= 15 is 0 Å². The maximum absolute atomic E-state index is 11.4. The Morgan fingerprint density at radius 3 is 2.55 bits per heavy atom. The van der Waals surface area contributed by atoms with Gasteiger partial charge in [0.25, 0.3) is 5.24 Å². The van der Waals surface area contributed by atoms with E-state index in [1.807, 2.05) is 6.92 Å². The summed E-state index contributed by atoms with van der Waals surface area (Å²) in [4.78, 5) is 16.6. The van der Waals surface area contributed by atoms with Crippen LogP contribution >= 0.6 is 23.2 Å². The zero-order valence-corrected chi connectivity index (χ0v) is 13.0. The minimum Gasteiger partial charge on any atom is -0.392 e. The van der Waals surface area contributed by atoms with Gasteiger partial charge in [0.15, 0.2) is 0 Å². The van der Waals surface area contributed by atoms with Crippen molar-refractivity contribution in [3.8, 4) is 0 Å². The van der Waals surface area contributed by atoms with Gasteiger partial charge in [-0.25, -0.2) is 0 Å². The summed E-state index contributed by atoms with van der Waals surface area (Å²) < 4.78 is 22.6. The Hall–Kier alpha value is -1.11. The SMILES string of the molecule is CC1CC(C2=C(Cl)C(C(=O)Cl)=CC(=S(=O)=O)C2C)=NO1. The third-order valence-corrected chi connectivity index (χ3v) is 4.63. The molecule has 2 rings (SSSR count). The predicted octanol–water partition coefficient (Wildman–Crippen LogP) is 2.04. The molecule has 20 heavy (non-hydrogen) atoms. The number of allylic oxidation sites excluding steroid dienone is 4. The van der Waals surface area contributed by atoms with Crippen molar-refractivity contribution in [1.29, 1.82) is 0 Å². The van der Waals surface area contributed by atoms with E-state index < -0.39 is 21.5 Å². The van der Waals surface area contributed by atoms with Gasteiger partial charge >= 0.3 is 0 Å². The normalized spacial score (nSPS) is 26.1. The number of carbonyl (C=O) groups is 1. The second-order valence-electron chi connectivity index (χ2n) is 4.58. The van der Waals surface area contributed by atoms with Crippen molar-refractivity contribution < 1.29 is 18.0 Å².